The zero-order valence-corrected chi connectivity index (χ0v) is 14.6. The van der Waals surface area contributed by atoms with Crippen LogP contribution >= 0.6 is 45.8 Å². The number of benzene rings is 2. The molecule has 2 N–H and O–H groups in total. The van der Waals surface area contributed by atoms with Crippen molar-refractivity contribution < 1.29 is 9.47 Å². The molecule has 1 unspecified atom stereocenters. The molecule has 0 fully saturated rings. The number of halogens is 3. The summed E-state index contributed by atoms with van der Waals surface area (Å²) >= 11 is 14.7. The van der Waals surface area contributed by atoms with Crippen LogP contribution in [0.1, 0.15) is 17.2 Å². The summed E-state index contributed by atoms with van der Waals surface area (Å²) in [4.78, 5) is 0. The van der Waals surface area contributed by atoms with Crippen molar-refractivity contribution in [2.75, 3.05) is 13.2 Å². The molecule has 2 aromatic rings. The first-order valence-corrected chi connectivity index (χ1v) is 8.19. The van der Waals surface area contributed by atoms with Crippen LogP contribution in [0.3, 0.4) is 0 Å². The quantitative estimate of drug-likeness (QED) is 0.710. The predicted molar refractivity (Wildman–Crippen MR) is 92.6 cm³/mol. The highest BCUT2D eigenvalue weighted by atomic mass is 127. The first-order valence-electron chi connectivity index (χ1n) is 6.36. The Kier molecular flexibility index (Phi) is 4.49. The van der Waals surface area contributed by atoms with Gasteiger partial charge in [0.15, 0.2) is 11.5 Å². The summed E-state index contributed by atoms with van der Waals surface area (Å²) in [7, 11) is 0. The second kappa shape index (κ2) is 6.20. The van der Waals surface area contributed by atoms with E-state index in [2.05, 4.69) is 22.6 Å². The molecule has 0 radical (unpaired) electrons. The van der Waals surface area contributed by atoms with E-state index in [1.54, 1.807) is 6.07 Å². The molecule has 0 amide bonds. The van der Waals surface area contributed by atoms with Gasteiger partial charge >= 0.3 is 0 Å². The molecule has 21 heavy (non-hydrogen) atoms. The lowest BCUT2D eigenvalue weighted by Gasteiger charge is -2.22. The van der Waals surface area contributed by atoms with Gasteiger partial charge in [-0.05, 0) is 51.9 Å². The van der Waals surface area contributed by atoms with Gasteiger partial charge in [-0.15, -0.1) is 0 Å². The summed E-state index contributed by atoms with van der Waals surface area (Å²) in [6.07, 6.45) is 0. The van der Waals surface area contributed by atoms with E-state index in [-0.39, 0.29) is 6.04 Å². The Morgan fingerprint density at radius 3 is 2.33 bits per heavy atom. The minimum Gasteiger partial charge on any atom is -0.486 e. The fourth-order valence-electron chi connectivity index (χ4n) is 2.20. The topological polar surface area (TPSA) is 44.5 Å². The number of fused-ring (bicyclic) bond motifs is 1. The maximum atomic E-state index is 6.33. The largest absolute Gasteiger partial charge is 0.486 e. The van der Waals surface area contributed by atoms with Crippen molar-refractivity contribution in [2.24, 2.45) is 5.73 Å². The van der Waals surface area contributed by atoms with Crippen LogP contribution in [0.15, 0.2) is 30.3 Å². The average Bonchev–Trinajstić information content (AvgIpc) is 2.48. The normalized spacial score (nSPS) is 14.9. The second-order valence-electron chi connectivity index (χ2n) is 4.67. The van der Waals surface area contributed by atoms with Gasteiger partial charge in [-0.3, -0.25) is 0 Å². The van der Waals surface area contributed by atoms with Crippen molar-refractivity contribution in [2.45, 2.75) is 6.04 Å². The van der Waals surface area contributed by atoms with Crippen molar-refractivity contribution in [3.8, 4) is 11.5 Å². The second-order valence-corrected chi connectivity index (χ2v) is 6.65. The molecular formula is C15H12Cl2INO2. The van der Waals surface area contributed by atoms with Gasteiger partial charge < -0.3 is 15.2 Å². The summed E-state index contributed by atoms with van der Waals surface area (Å²) in [5.41, 5.74) is 8.02. The molecule has 1 atom stereocenters. The van der Waals surface area contributed by atoms with E-state index >= 15 is 0 Å². The smallest absolute Gasteiger partial charge is 0.162 e. The lowest BCUT2D eigenvalue weighted by atomic mass is 9.99. The molecule has 110 valence electrons. The molecule has 6 heteroatoms. The zero-order valence-electron chi connectivity index (χ0n) is 10.9. The third kappa shape index (κ3) is 3.08. The monoisotopic (exact) mass is 435 g/mol. The molecule has 0 aromatic heterocycles. The van der Waals surface area contributed by atoms with Gasteiger partial charge in [0.05, 0.1) is 11.1 Å². The Labute approximate surface area is 146 Å². The van der Waals surface area contributed by atoms with E-state index in [0.29, 0.717) is 34.8 Å². The molecule has 3 rings (SSSR count). The maximum absolute atomic E-state index is 6.33. The highest BCUT2D eigenvalue weighted by Gasteiger charge is 2.20. The first-order chi connectivity index (χ1) is 10.1. The number of hydrogen-bond acceptors (Lipinski definition) is 3. The molecule has 0 spiro atoms. The fraction of sp³-hybridized carbons (Fsp3) is 0.200. The Morgan fingerprint density at radius 1 is 1.00 bits per heavy atom. The lowest BCUT2D eigenvalue weighted by molar-refractivity contribution is 0.171. The zero-order chi connectivity index (χ0) is 15.0. The summed E-state index contributed by atoms with van der Waals surface area (Å²) in [6.45, 7) is 1.06. The highest BCUT2D eigenvalue weighted by Crippen LogP contribution is 2.39. The summed E-state index contributed by atoms with van der Waals surface area (Å²) in [5, 5.41) is 1.23. The summed E-state index contributed by atoms with van der Waals surface area (Å²) < 4.78 is 12.1. The summed E-state index contributed by atoms with van der Waals surface area (Å²) in [5.74, 6) is 1.33. The average molecular weight is 436 g/mol. The van der Waals surface area contributed by atoms with Gasteiger partial charge in [0.25, 0.3) is 0 Å². The lowest BCUT2D eigenvalue weighted by Crippen LogP contribution is -2.17. The summed E-state index contributed by atoms with van der Waals surface area (Å²) in [6, 6.07) is 8.96. The van der Waals surface area contributed by atoms with Gasteiger partial charge in [-0.2, -0.15) is 0 Å². The SMILES string of the molecule is NC(c1ccc(I)c(Cl)c1)c1cc2c(cc1Cl)OCCO2. The van der Waals surface area contributed by atoms with Crippen molar-refractivity contribution in [3.63, 3.8) is 0 Å². The minimum atomic E-state index is -0.372. The van der Waals surface area contributed by atoms with Crippen molar-refractivity contribution >= 4 is 45.8 Å². The molecule has 1 aliphatic rings. The van der Waals surface area contributed by atoms with Gasteiger partial charge in [0.2, 0.25) is 0 Å². The van der Waals surface area contributed by atoms with E-state index < -0.39 is 0 Å². The molecule has 1 heterocycles. The van der Waals surface area contributed by atoms with Crippen molar-refractivity contribution in [1.29, 1.82) is 0 Å². The third-order valence-electron chi connectivity index (χ3n) is 3.30. The molecular weight excluding hydrogens is 424 g/mol. The molecule has 2 aromatic carbocycles. The van der Waals surface area contributed by atoms with E-state index in [1.165, 1.54) is 0 Å². The van der Waals surface area contributed by atoms with Crippen LogP contribution in [-0.2, 0) is 0 Å². The van der Waals surface area contributed by atoms with E-state index in [9.17, 15) is 0 Å². The number of nitrogens with two attached hydrogens (primary N) is 1. The third-order valence-corrected chi connectivity index (χ3v) is 5.20. The van der Waals surface area contributed by atoms with E-state index in [1.807, 2.05) is 24.3 Å². The van der Waals surface area contributed by atoms with E-state index in [0.717, 1.165) is 14.7 Å². The van der Waals surface area contributed by atoms with Gasteiger partial charge in [0.1, 0.15) is 13.2 Å². The Bertz CT molecular complexity index is 694. The van der Waals surface area contributed by atoms with Crippen LogP contribution in [0, 0.1) is 3.57 Å². The number of hydrogen-bond donors (Lipinski definition) is 1. The maximum Gasteiger partial charge on any atom is 0.162 e. The fourth-order valence-corrected chi connectivity index (χ4v) is 3.00. The molecule has 0 bridgehead atoms. The van der Waals surface area contributed by atoms with Crippen molar-refractivity contribution in [3.05, 3.63) is 55.1 Å². The van der Waals surface area contributed by atoms with Crippen LogP contribution in [0.5, 0.6) is 11.5 Å². The van der Waals surface area contributed by atoms with Crippen LogP contribution in [0.2, 0.25) is 10.0 Å². The Hall–Kier alpha value is -0.690. The van der Waals surface area contributed by atoms with Gasteiger partial charge in [-0.25, -0.2) is 0 Å². The number of ether oxygens (including phenoxy) is 2. The predicted octanol–water partition coefficient (Wildman–Crippen LogP) is 4.42. The van der Waals surface area contributed by atoms with Gasteiger partial charge in [0, 0.05) is 14.7 Å². The molecule has 0 saturated heterocycles. The molecule has 1 aliphatic heterocycles. The minimum absolute atomic E-state index is 0.372. The molecule has 0 aliphatic carbocycles. The standard InChI is InChI=1S/C15H12Cl2INO2/c16-10-7-14-13(20-3-4-21-14)6-9(10)15(19)8-1-2-12(18)11(17)5-8/h1-2,5-7,15H,3-4,19H2. The van der Waals surface area contributed by atoms with Crippen molar-refractivity contribution in [1.82, 2.24) is 0 Å². The first kappa shape index (κ1) is 15.2. The van der Waals surface area contributed by atoms with Crippen LogP contribution in [0.4, 0.5) is 0 Å². The Balaban J connectivity index is 2.00. The Morgan fingerprint density at radius 2 is 1.67 bits per heavy atom. The van der Waals surface area contributed by atoms with Gasteiger partial charge in [-0.1, -0.05) is 29.3 Å². The van der Waals surface area contributed by atoms with Crippen LogP contribution < -0.4 is 15.2 Å². The van der Waals surface area contributed by atoms with Crippen LogP contribution in [0.25, 0.3) is 0 Å². The van der Waals surface area contributed by atoms with Crippen LogP contribution in [-0.4, -0.2) is 13.2 Å². The number of rotatable bonds is 2. The highest BCUT2D eigenvalue weighted by molar-refractivity contribution is 14.1. The van der Waals surface area contributed by atoms with E-state index in [4.69, 9.17) is 38.4 Å². The molecule has 3 nitrogen and oxygen atoms in total. The molecule has 0 saturated carbocycles.